The molecule has 0 unspecified atom stereocenters. The second-order valence-electron chi connectivity index (χ2n) is 1.37. The SMILES string of the molecule is C=C/C(=C\C)S(=O)(=O)O. The van der Waals surface area contributed by atoms with Crippen LogP contribution in [0.3, 0.4) is 0 Å². The first-order chi connectivity index (χ1) is 4.02. The maximum Gasteiger partial charge on any atom is 0.294 e. The maximum atomic E-state index is 10.2. The molecule has 0 aliphatic rings. The summed E-state index contributed by atoms with van der Waals surface area (Å²) in [5, 5.41) is 0. The third-order valence-corrected chi connectivity index (χ3v) is 1.78. The van der Waals surface area contributed by atoms with Crippen molar-refractivity contribution < 1.29 is 13.0 Å². The van der Waals surface area contributed by atoms with Crippen molar-refractivity contribution in [3.8, 4) is 0 Å². The highest BCUT2D eigenvalue weighted by atomic mass is 32.2. The molecule has 0 bridgehead atoms. The van der Waals surface area contributed by atoms with Crippen molar-refractivity contribution in [2.75, 3.05) is 0 Å². The van der Waals surface area contributed by atoms with E-state index in [0.29, 0.717) is 0 Å². The first kappa shape index (κ1) is 8.39. The van der Waals surface area contributed by atoms with E-state index in [2.05, 4.69) is 6.58 Å². The summed E-state index contributed by atoms with van der Waals surface area (Å²) in [5.41, 5.74) is 0. The van der Waals surface area contributed by atoms with Crippen LogP contribution >= 0.6 is 0 Å². The molecule has 4 heteroatoms. The lowest BCUT2D eigenvalue weighted by Gasteiger charge is -1.91. The summed E-state index contributed by atoms with van der Waals surface area (Å²) in [6, 6.07) is 0. The van der Waals surface area contributed by atoms with Gasteiger partial charge in [0.2, 0.25) is 0 Å². The van der Waals surface area contributed by atoms with Crippen LogP contribution in [0.2, 0.25) is 0 Å². The van der Waals surface area contributed by atoms with Gasteiger partial charge >= 0.3 is 0 Å². The molecule has 0 amide bonds. The average Bonchev–Trinajstić information content (AvgIpc) is 1.65. The van der Waals surface area contributed by atoms with Crippen molar-refractivity contribution in [3.05, 3.63) is 23.6 Å². The van der Waals surface area contributed by atoms with E-state index in [1.54, 1.807) is 0 Å². The fourth-order valence-electron chi connectivity index (χ4n) is 0.372. The lowest BCUT2D eigenvalue weighted by atomic mass is 10.5. The molecule has 0 heterocycles. The standard InChI is InChI=1S/C5H8O3S/c1-3-5(4-2)9(6,7)8/h3-4H,1H2,2H3,(H,6,7,8)/b5-4+. The second kappa shape index (κ2) is 2.80. The number of allylic oxidation sites excluding steroid dienone is 2. The van der Waals surface area contributed by atoms with Gasteiger partial charge in [-0.25, -0.2) is 0 Å². The van der Waals surface area contributed by atoms with Gasteiger partial charge in [0.1, 0.15) is 0 Å². The smallest absolute Gasteiger partial charge is 0.282 e. The average molecular weight is 148 g/mol. The van der Waals surface area contributed by atoms with E-state index in [9.17, 15) is 8.42 Å². The van der Waals surface area contributed by atoms with Crippen LogP contribution in [0, 0.1) is 0 Å². The number of rotatable bonds is 2. The van der Waals surface area contributed by atoms with Crippen LogP contribution in [-0.4, -0.2) is 13.0 Å². The molecular weight excluding hydrogens is 140 g/mol. The molecule has 0 atom stereocenters. The van der Waals surface area contributed by atoms with Crippen molar-refractivity contribution in [2.24, 2.45) is 0 Å². The lowest BCUT2D eigenvalue weighted by molar-refractivity contribution is 0.492. The van der Waals surface area contributed by atoms with Crippen molar-refractivity contribution in [3.63, 3.8) is 0 Å². The minimum atomic E-state index is -4.02. The third kappa shape index (κ3) is 2.43. The van der Waals surface area contributed by atoms with E-state index in [0.717, 1.165) is 6.08 Å². The van der Waals surface area contributed by atoms with Gasteiger partial charge in [-0.3, -0.25) is 4.55 Å². The van der Waals surface area contributed by atoms with Crippen molar-refractivity contribution in [1.29, 1.82) is 0 Å². The summed E-state index contributed by atoms with van der Waals surface area (Å²) in [6.45, 7) is 4.70. The highest BCUT2D eigenvalue weighted by molar-refractivity contribution is 7.90. The zero-order valence-corrected chi connectivity index (χ0v) is 5.85. The molecule has 0 saturated carbocycles. The van der Waals surface area contributed by atoms with Gasteiger partial charge in [0.25, 0.3) is 10.1 Å². The Balaban J connectivity index is 4.77. The van der Waals surface area contributed by atoms with Crippen LogP contribution in [0.25, 0.3) is 0 Å². The summed E-state index contributed by atoms with van der Waals surface area (Å²) in [6.07, 6.45) is 2.34. The molecule has 0 aliphatic carbocycles. The monoisotopic (exact) mass is 148 g/mol. The Morgan fingerprint density at radius 3 is 2.11 bits per heavy atom. The number of hydrogen-bond donors (Lipinski definition) is 1. The Labute approximate surface area is 54.4 Å². The molecule has 3 nitrogen and oxygen atoms in total. The van der Waals surface area contributed by atoms with Gasteiger partial charge in [0.15, 0.2) is 0 Å². The van der Waals surface area contributed by atoms with Crippen molar-refractivity contribution in [1.82, 2.24) is 0 Å². The zero-order valence-electron chi connectivity index (χ0n) is 5.03. The van der Waals surface area contributed by atoms with Crippen LogP contribution < -0.4 is 0 Å². The molecule has 0 aliphatic heterocycles. The van der Waals surface area contributed by atoms with Crippen LogP contribution in [-0.2, 0) is 10.1 Å². The molecule has 0 rings (SSSR count). The van der Waals surface area contributed by atoms with Crippen molar-refractivity contribution in [2.45, 2.75) is 6.92 Å². The van der Waals surface area contributed by atoms with Crippen molar-refractivity contribution >= 4 is 10.1 Å². The van der Waals surface area contributed by atoms with Gasteiger partial charge in [-0.2, -0.15) is 8.42 Å². The van der Waals surface area contributed by atoms with E-state index in [-0.39, 0.29) is 4.91 Å². The molecule has 52 valence electrons. The van der Waals surface area contributed by atoms with Crippen LogP contribution in [0.15, 0.2) is 23.6 Å². The van der Waals surface area contributed by atoms with E-state index in [1.165, 1.54) is 13.0 Å². The highest BCUT2D eigenvalue weighted by Gasteiger charge is 2.06. The summed E-state index contributed by atoms with van der Waals surface area (Å²) in [4.78, 5) is -0.164. The molecule has 9 heavy (non-hydrogen) atoms. The molecule has 0 aromatic heterocycles. The molecule has 0 radical (unpaired) electrons. The van der Waals surface area contributed by atoms with Gasteiger partial charge in [-0.15, -0.1) is 0 Å². The summed E-state index contributed by atoms with van der Waals surface area (Å²) < 4.78 is 28.7. The largest absolute Gasteiger partial charge is 0.294 e. The molecule has 0 aromatic rings. The van der Waals surface area contributed by atoms with Gasteiger partial charge in [0.05, 0.1) is 4.91 Å². The Bertz CT molecular complexity index is 223. The van der Waals surface area contributed by atoms with Gasteiger partial charge in [-0.1, -0.05) is 12.7 Å². The third-order valence-electron chi connectivity index (χ3n) is 0.784. The highest BCUT2D eigenvalue weighted by Crippen LogP contribution is 2.02. The quantitative estimate of drug-likeness (QED) is 0.469. The lowest BCUT2D eigenvalue weighted by Crippen LogP contribution is -1.97. The fraction of sp³-hybridized carbons (Fsp3) is 0.200. The van der Waals surface area contributed by atoms with Crippen LogP contribution in [0.5, 0.6) is 0 Å². The second-order valence-corrected chi connectivity index (χ2v) is 2.79. The molecule has 1 N–H and O–H groups in total. The van der Waals surface area contributed by atoms with Gasteiger partial charge in [0, 0.05) is 0 Å². The summed E-state index contributed by atoms with van der Waals surface area (Å²) in [5.74, 6) is 0. The van der Waals surface area contributed by atoms with Gasteiger partial charge in [-0.05, 0) is 13.0 Å². The van der Waals surface area contributed by atoms with Crippen LogP contribution in [0.1, 0.15) is 6.92 Å². The number of hydrogen-bond acceptors (Lipinski definition) is 2. The van der Waals surface area contributed by atoms with Gasteiger partial charge < -0.3 is 0 Å². The first-order valence-electron chi connectivity index (χ1n) is 2.28. The Hall–Kier alpha value is -0.610. The van der Waals surface area contributed by atoms with E-state index in [1.807, 2.05) is 0 Å². The Morgan fingerprint density at radius 1 is 1.67 bits per heavy atom. The summed E-state index contributed by atoms with van der Waals surface area (Å²) >= 11 is 0. The normalized spacial score (nSPS) is 13.3. The zero-order chi connectivity index (χ0) is 7.49. The fourth-order valence-corrected chi connectivity index (χ4v) is 0.881. The molecule has 0 saturated heterocycles. The Kier molecular flexibility index (Phi) is 2.61. The molecule has 0 spiro atoms. The molecule has 0 aromatic carbocycles. The molecular formula is C5H8O3S. The topological polar surface area (TPSA) is 54.4 Å². The van der Waals surface area contributed by atoms with E-state index in [4.69, 9.17) is 4.55 Å². The molecule has 0 fully saturated rings. The predicted molar refractivity (Wildman–Crippen MR) is 35.5 cm³/mol. The predicted octanol–water partition coefficient (Wildman–Crippen LogP) is 0.964. The maximum absolute atomic E-state index is 10.2. The van der Waals surface area contributed by atoms with E-state index < -0.39 is 10.1 Å². The van der Waals surface area contributed by atoms with Crippen LogP contribution in [0.4, 0.5) is 0 Å². The minimum Gasteiger partial charge on any atom is -0.282 e. The Morgan fingerprint density at radius 2 is 2.11 bits per heavy atom. The summed E-state index contributed by atoms with van der Waals surface area (Å²) in [7, 11) is -4.02. The minimum absolute atomic E-state index is 0.164. The first-order valence-corrected chi connectivity index (χ1v) is 3.72. The van der Waals surface area contributed by atoms with E-state index >= 15 is 0 Å².